The topological polar surface area (TPSA) is 69.0 Å². The molecule has 0 amide bonds. The summed E-state index contributed by atoms with van der Waals surface area (Å²) in [5, 5.41) is 5.26. The van der Waals surface area contributed by atoms with E-state index in [1.54, 1.807) is 22.9 Å². The summed E-state index contributed by atoms with van der Waals surface area (Å²) in [7, 11) is -2.99. The Labute approximate surface area is 162 Å². The number of carbonyl (C=O) groups is 1. The van der Waals surface area contributed by atoms with Crippen LogP contribution in [0.25, 0.3) is 6.08 Å². The van der Waals surface area contributed by atoms with E-state index < -0.39 is 9.84 Å². The van der Waals surface area contributed by atoms with Crippen LogP contribution in [0.5, 0.6) is 0 Å². The van der Waals surface area contributed by atoms with E-state index in [1.165, 1.54) is 12.1 Å². The SMILES string of the molecule is Cc1nn([C@H]2CCS(=O)(=O)C2)c(C)c1/C=C/C(=O)c1cc(Cl)ccc1Cl. The van der Waals surface area contributed by atoms with E-state index in [1.807, 2.05) is 13.8 Å². The lowest BCUT2D eigenvalue weighted by atomic mass is 10.1. The number of hydrogen-bond donors (Lipinski definition) is 0. The van der Waals surface area contributed by atoms with Gasteiger partial charge in [-0.1, -0.05) is 23.2 Å². The molecular weight excluding hydrogens is 395 g/mol. The summed E-state index contributed by atoms with van der Waals surface area (Å²) in [5.41, 5.74) is 2.72. The van der Waals surface area contributed by atoms with Gasteiger partial charge < -0.3 is 0 Å². The highest BCUT2D eigenvalue weighted by atomic mass is 35.5. The Morgan fingerprint density at radius 3 is 2.69 bits per heavy atom. The fraction of sp³-hybridized carbons (Fsp3) is 0.333. The van der Waals surface area contributed by atoms with Gasteiger partial charge in [0.2, 0.25) is 0 Å². The van der Waals surface area contributed by atoms with E-state index in [-0.39, 0.29) is 23.3 Å². The van der Waals surface area contributed by atoms with Gasteiger partial charge in [0.25, 0.3) is 0 Å². The number of hydrogen-bond acceptors (Lipinski definition) is 4. The standard InChI is InChI=1S/C18H18Cl2N2O3S/c1-11-15(4-6-18(23)16-9-13(19)3-5-17(16)20)12(2)22(21-11)14-7-8-26(24,25)10-14/h3-6,9,14H,7-8,10H2,1-2H3/b6-4+/t14-/m0/s1. The number of rotatable bonds is 4. The molecular formula is C18H18Cl2N2O3S. The molecule has 0 bridgehead atoms. The van der Waals surface area contributed by atoms with Crippen LogP contribution in [0.1, 0.15) is 39.8 Å². The normalized spacial score (nSPS) is 19.3. The summed E-state index contributed by atoms with van der Waals surface area (Å²) in [4.78, 5) is 12.4. The molecule has 2 heterocycles. The van der Waals surface area contributed by atoms with Crippen molar-refractivity contribution in [2.24, 2.45) is 0 Å². The van der Waals surface area contributed by atoms with Gasteiger partial charge >= 0.3 is 0 Å². The molecule has 1 saturated heterocycles. The minimum atomic E-state index is -2.99. The molecule has 1 atom stereocenters. The van der Waals surface area contributed by atoms with Gasteiger partial charge in [-0.3, -0.25) is 9.48 Å². The molecule has 0 aliphatic carbocycles. The van der Waals surface area contributed by atoms with Crippen LogP contribution >= 0.6 is 23.2 Å². The Hall–Kier alpha value is -1.63. The van der Waals surface area contributed by atoms with E-state index in [0.29, 0.717) is 22.0 Å². The number of ketones is 1. The molecule has 1 aromatic heterocycles. The first-order valence-electron chi connectivity index (χ1n) is 8.11. The molecule has 0 unspecified atom stereocenters. The molecule has 0 N–H and O–H groups in total. The number of allylic oxidation sites excluding steroid dienone is 1. The maximum Gasteiger partial charge on any atom is 0.187 e. The van der Waals surface area contributed by atoms with Crippen molar-refractivity contribution < 1.29 is 13.2 Å². The Morgan fingerprint density at radius 2 is 2.04 bits per heavy atom. The number of carbonyl (C=O) groups excluding carboxylic acids is 1. The lowest BCUT2D eigenvalue weighted by Gasteiger charge is -2.10. The molecule has 0 radical (unpaired) electrons. The van der Waals surface area contributed by atoms with Crippen LogP contribution in [-0.4, -0.2) is 35.5 Å². The van der Waals surface area contributed by atoms with Gasteiger partial charge in [0.05, 0.1) is 28.3 Å². The summed E-state index contributed by atoms with van der Waals surface area (Å²) >= 11 is 12.0. The third kappa shape index (κ3) is 3.87. The van der Waals surface area contributed by atoms with Crippen molar-refractivity contribution in [1.29, 1.82) is 0 Å². The highest BCUT2D eigenvalue weighted by Gasteiger charge is 2.31. The van der Waals surface area contributed by atoms with Crippen molar-refractivity contribution in [3.63, 3.8) is 0 Å². The molecule has 3 rings (SSSR count). The van der Waals surface area contributed by atoms with E-state index in [0.717, 1.165) is 17.0 Å². The molecule has 8 heteroatoms. The van der Waals surface area contributed by atoms with Crippen LogP contribution in [0.4, 0.5) is 0 Å². The van der Waals surface area contributed by atoms with Crippen LogP contribution in [0, 0.1) is 13.8 Å². The Morgan fingerprint density at radius 1 is 1.31 bits per heavy atom. The van der Waals surface area contributed by atoms with Crippen molar-refractivity contribution >= 4 is 44.9 Å². The summed E-state index contributed by atoms with van der Waals surface area (Å²) in [5.74, 6) is 0.0368. The predicted molar refractivity (Wildman–Crippen MR) is 104 cm³/mol. The van der Waals surface area contributed by atoms with Crippen LogP contribution in [0.2, 0.25) is 10.0 Å². The molecule has 1 aliphatic heterocycles. The second-order valence-corrected chi connectivity index (χ2v) is 9.48. The number of nitrogens with zero attached hydrogens (tertiary/aromatic N) is 2. The van der Waals surface area contributed by atoms with Crippen molar-refractivity contribution in [2.75, 3.05) is 11.5 Å². The molecule has 1 aliphatic rings. The lowest BCUT2D eigenvalue weighted by molar-refractivity contribution is 0.104. The quantitative estimate of drug-likeness (QED) is 0.560. The zero-order chi connectivity index (χ0) is 19.1. The van der Waals surface area contributed by atoms with Gasteiger partial charge in [-0.15, -0.1) is 0 Å². The Balaban J connectivity index is 1.87. The average molecular weight is 413 g/mol. The van der Waals surface area contributed by atoms with E-state index >= 15 is 0 Å². The van der Waals surface area contributed by atoms with E-state index in [9.17, 15) is 13.2 Å². The van der Waals surface area contributed by atoms with Crippen LogP contribution < -0.4 is 0 Å². The third-order valence-electron chi connectivity index (χ3n) is 4.53. The summed E-state index contributed by atoms with van der Waals surface area (Å²) in [6.45, 7) is 3.71. The summed E-state index contributed by atoms with van der Waals surface area (Å²) < 4.78 is 25.2. The summed E-state index contributed by atoms with van der Waals surface area (Å²) in [6, 6.07) is 4.58. The monoisotopic (exact) mass is 412 g/mol. The number of sulfone groups is 1. The summed E-state index contributed by atoms with van der Waals surface area (Å²) in [6.07, 6.45) is 3.69. The minimum absolute atomic E-state index is 0.106. The molecule has 1 fully saturated rings. The second kappa shape index (κ2) is 7.18. The first-order chi connectivity index (χ1) is 12.2. The van der Waals surface area contributed by atoms with Crippen molar-refractivity contribution in [3.8, 4) is 0 Å². The molecule has 5 nitrogen and oxygen atoms in total. The fourth-order valence-corrected chi connectivity index (χ4v) is 5.25. The van der Waals surface area contributed by atoms with Gasteiger partial charge in [-0.2, -0.15) is 5.10 Å². The van der Waals surface area contributed by atoms with Gasteiger partial charge in [-0.05, 0) is 50.6 Å². The van der Waals surface area contributed by atoms with Crippen LogP contribution in [0.15, 0.2) is 24.3 Å². The van der Waals surface area contributed by atoms with Crippen molar-refractivity contribution in [3.05, 3.63) is 56.8 Å². The Bertz CT molecular complexity index is 1010. The lowest BCUT2D eigenvalue weighted by Crippen LogP contribution is -2.13. The van der Waals surface area contributed by atoms with E-state index in [4.69, 9.17) is 23.2 Å². The molecule has 0 saturated carbocycles. The van der Waals surface area contributed by atoms with Crippen LogP contribution in [-0.2, 0) is 9.84 Å². The second-order valence-electron chi connectivity index (χ2n) is 6.41. The molecule has 1 aromatic carbocycles. The number of benzene rings is 1. The number of aromatic nitrogens is 2. The molecule has 138 valence electrons. The molecule has 0 spiro atoms. The van der Waals surface area contributed by atoms with Gasteiger partial charge in [-0.25, -0.2) is 8.42 Å². The number of halogens is 2. The Kier molecular flexibility index (Phi) is 5.28. The minimum Gasteiger partial charge on any atom is -0.289 e. The predicted octanol–water partition coefficient (Wildman–Crippen LogP) is 4.06. The maximum absolute atomic E-state index is 12.4. The van der Waals surface area contributed by atoms with Crippen molar-refractivity contribution in [2.45, 2.75) is 26.3 Å². The van der Waals surface area contributed by atoms with E-state index in [2.05, 4.69) is 5.10 Å². The average Bonchev–Trinajstić information content (AvgIpc) is 3.07. The highest BCUT2D eigenvalue weighted by molar-refractivity contribution is 7.91. The fourth-order valence-electron chi connectivity index (χ4n) is 3.18. The zero-order valence-corrected chi connectivity index (χ0v) is 16.7. The first kappa shape index (κ1) is 19.1. The van der Waals surface area contributed by atoms with Crippen LogP contribution in [0.3, 0.4) is 0 Å². The number of aryl methyl sites for hydroxylation is 1. The van der Waals surface area contributed by atoms with Gasteiger partial charge in [0, 0.05) is 21.8 Å². The molecule has 2 aromatic rings. The first-order valence-corrected chi connectivity index (χ1v) is 10.7. The highest BCUT2D eigenvalue weighted by Crippen LogP contribution is 2.27. The smallest absolute Gasteiger partial charge is 0.187 e. The molecule has 26 heavy (non-hydrogen) atoms. The van der Waals surface area contributed by atoms with Gasteiger partial charge in [0.1, 0.15) is 0 Å². The third-order valence-corrected chi connectivity index (χ3v) is 6.85. The maximum atomic E-state index is 12.4. The van der Waals surface area contributed by atoms with Crippen molar-refractivity contribution in [1.82, 2.24) is 9.78 Å². The zero-order valence-electron chi connectivity index (χ0n) is 14.4. The largest absolute Gasteiger partial charge is 0.289 e. The van der Waals surface area contributed by atoms with Gasteiger partial charge in [0.15, 0.2) is 15.6 Å².